The number of ether oxygens (including phenoxy) is 1. The highest BCUT2D eigenvalue weighted by atomic mass is 35.5. The molecule has 0 fully saturated rings. The highest BCUT2D eigenvalue weighted by molar-refractivity contribution is 5.85. The summed E-state index contributed by atoms with van der Waals surface area (Å²) in [6, 6.07) is -0.519. The minimum absolute atomic E-state index is 0. The van der Waals surface area contributed by atoms with E-state index in [9.17, 15) is 9.59 Å². The third-order valence-electron chi connectivity index (χ3n) is 2.83. The summed E-state index contributed by atoms with van der Waals surface area (Å²) in [6.07, 6.45) is 0.849. The number of hydrogen-bond acceptors (Lipinski definition) is 4. The van der Waals surface area contributed by atoms with Gasteiger partial charge < -0.3 is 15.8 Å². The number of nitrogens with one attached hydrogen (secondary N) is 1. The Morgan fingerprint density at radius 3 is 2.28 bits per heavy atom. The molecule has 0 rings (SSSR count). The molecular weight excluding hydrogens is 256 g/mol. The van der Waals surface area contributed by atoms with Gasteiger partial charge in [-0.1, -0.05) is 27.2 Å². The van der Waals surface area contributed by atoms with E-state index in [-0.39, 0.29) is 42.7 Å². The third kappa shape index (κ3) is 6.81. The smallest absolute Gasteiger partial charge is 0.310 e. The molecule has 1 amide bonds. The molecular formula is C12H25ClN2O3. The minimum Gasteiger partial charge on any atom is -0.466 e. The summed E-state index contributed by atoms with van der Waals surface area (Å²) in [5.41, 5.74) is 5.76. The monoisotopic (exact) mass is 280 g/mol. The number of carbonyl (C=O) groups excluding carboxylic acids is 2. The highest BCUT2D eigenvalue weighted by Crippen LogP contribution is 2.05. The molecule has 0 aliphatic rings. The van der Waals surface area contributed by atoms with Crippen LogP contribution in [0.5, 0.6) is 0 Å². The molecule has 0 aromatic heterocycles. The van der Waals surface area contributed by atoms with E-state index >= 15 is 0 Å². The van der Waals surface area contributed by atoms with Crippen LogP contribution in [0, 0.1) is 11.8 Å². The number of hydrogen-bond donors (Lipinski definition) is 2. The Hall–Kier alpha value is -0.810. The largest absolute Gasteiger partial charge is 0.466 e. The van der Waals surface area contributed by atoms with Gasteiger partial charge in [0.25, 0.3) is 0 Å². The van der Waals surface area contributed by atoms with Crippen molar-refractivity contribution in [3.63, 3.8) is 0 Å². The lowest BCUT2D eigenvalue weighted by atomic mass is 9.99. The van der Waals surface area contributed by atoms with Crippen LogP contribution in [0.2, 0.25) is 0 Å². The molecule has 3 N–H and O–H groups in total. The van der Waals surface area contributed by atoms with Crippen LogP contribution in [0.15, 0.2) is 0 Å². The molecule has 0 aliphatic heterocycles. The Labute approximate surface area is 115 Å². The maximum Gasteiger partial charge on any atom is 0.310 e. The SMILES string of the molecule is CCOC(=O)C(C)CNC(=O)C(N)C(C)CC.Cl. The standard InChI is InChI=1S/C12H24N2O3.ClH/c1-5-8(3)10(13)11(15)14-7-9(4)12(16)17-6-2;/h8-10H,5-7,13H2,1-4H3,(H,14,15);1H. The van der Waals surface area contributed by atoms with E-state index in [1.54, 1.807) is 13.8 Å². The average Bonchev–Trinajstić information content (AvgIpc) is 2.33. The molecule has 3 atom stereocenters. The Kier molecular flexibility index (Phi) is 11.0. The van der Waals surface area contributed by atoms with E-state index in [0.717, 1.165) is 6.42 Å². The highest BCUT2D eigenvalue weighted by Gasteiger charge is 2.21. The summed E-state index contributed by atoms with van der Waals surface area (Å²) in [5, 5.41) is 2.67. The molecule has 0 heterocycles. The first-order chi connectivity index (χ1) is 7.93. The molecule has 3 unspecified atom stereocenters. The van der Waals surface area contributed by atoms with Crippen LogP contribution in [0.25, 0.3) is 0 Å². The van der Waals surface area contributed by atoms with E-state index in [1.165, 1.54) is 0 Å². The second-order valence-electron chi connectivity index (χ2n) is 4.31. The van der Waals surface area contributed by atoms with Crippen molar-refractivity contribution in [3.8, 4) is 0 Å². The summed E-state index contributed by atoms with van der Waals surface area (Å²) < 4.78 is 4.84. The average molecular weight is 281 g/mol. The minimum atomic E-state index is -0.519. The Bertz CT molecular complexity index is 262. The Balaban J connectivity index is 0. The van der Waals surface area contributed by atoms with E-state index in [2.05, 4.69) is 5.32 Å². The van der Waals surface area contributed by atoms with Crippen LogP contribution in [0.3, 0.4) is 0 Å². The molecule has 5 nitrogen and oxygen atoms in total. The van der Waals surface area contributed by atoms with Gasteiger partial charge in [-0.15, -0.1) is 12.4 Å². The Morgan fingerprint density at radius 2 is 1.83 bits per heavy atom. The number of carbonyl (C=O) groups is 2. The van der Waals surface area contributed by atoms with Crippen LogP contribution < -0.4 is 11.1 Å². The van der Waals surface area contributed by atoms with Gasteiger partial charge in [0.2, 0.25) is 5.91 Å². The summed E-state index contributed by atoms with van der Waals surface area (Å²) in [7, 11) is 0. The van der Waals surface area contributed by atoms with Gasteiger partial charge in [-0.3, -0.25) is 9.59 Å². The van der Waals surface area contributed by atoms with Gasteiger partial charge in [0, 0.05) is 6.54 Å². The van der Waals surface area contributed by atoms with Gasteiger partial charge in [-0.05, 0) is 12.8 Å². The molecule has 0 aromatic carbocycles. The fourth-order valence-corrected chi connectivity index (χ4v) is 1.25. The van der Waals surface area contributed by atoms with Crippen molar-refractivity contribution in [2.75, 3.05) is 13.2 Å². The van der Waals surface area contributed by atoms with E-state index in [1.807, 2.05) is 13.8 Å². The summed E-state index contributed by atoms with van der Waals surface area (Å²) in [5.74, 6) is -0.726. The lowest BCUT2D eigenvalue weighted by molar-refractivity contribution is -0.147. The molecule has 0 saturated heterocycles. The lowest BCUT2D eigenvalue weighted by Gasteiger charge is -2.19. The predicted molar refractivity (Wildman–Crippen MR) is 73.5 cm³/mol. The fourth-order valence-electron chi connectivity index (χ4n) is 1.25. The summed E-state index contributed by atoms with van der Waals surface area (Å²) in [4.78, 5) is 23.0. The van der Waals surface area contributed by atoms with Crippen molar-refractivity contribution in [2.45, 2.75) is 40.2 Å². The molecule has 0 aromatic rings. The van der Waals surface area contributed by atoms with Gasteiger partial charge in [-0.25, -0.2) is 0 Å². The van der Waals surface area contributed by atoms with Gasteiger partial charge in [0.1, 0.15) is 0 Å². The van der Waals surface area contributed by atoms with Gasteiger partial charge in [0.05, 0.1) is 18.6 Å². The normalized spacial score (nSPS) is 14.9. The van der Waals surface area contributed by atoms with E-state index in [0.29, 0.717) is 6.61 Å². The van der Waals surface area contributed by atoms with Gasteiger partial charge in [0.15, 0.2) is 0 Å². The van der Waals surface area contributed by atoms with Crippen molar-refractivity contribution in [3.05, 3.63) is 0 Å². The first-order valence-electron chi connectivity index (χ1n) is 6.13. The van der Waals surface area contributed by atoms with Crippen molar-refractivity contribution in [2.24, 2.45) is 17.6 Å². The van der Waals surface area contributed by atoms with Crippen LogP contribution in [0.1, 0.15) is 34.1 Å². The van der Waals surface area contributed by atoms with E-state index < -0.39 is 6.04 Å². The molecule has 18 heavy (non-hydrogen) atoms. The number of nitrogens with two attached hydrogens (primary N) is 1. The van der Waals surface area contributed by atoms with Crippen molar-refractivity contribution < 1.29 is 14.3 Å². The zero-order valence-corrected chi connectivity index (χ0v) is 12.4. The maximum atomic E-state index is 11.6. The van der Waals surface area contributed by atoms with Crippen molar-refractivity contribution in [1.29, 1.82) is 0 Å². The lowest BCUT2D eigenvalue weighted by Crippen LogP contribution is -2.46. The molecule has 0 spiro atoms. The second kappa shape index (κ2) is 10.1. The molecule has 6 heteroatoms. The topological polar surface area (TPSA) is 81.4 Å². The van der Waals surface area contributed by atoms with Gasteiger partial charge >= 0.3 is 5.97 Å². The van der Waals surface area contributed by atoms with Crippen LogP contribution in [0.4, 0.5) is 0 Å². The first kappa shape index (κ1) is 19.5. The van der Waals surface area contributed by atoms with Gasteiger partial charge in [-0.2, -0.15) is 0 Å². The summed E-state index contributed by atoms with van der Waals surface area (Å²) >= 11 is 0. The molecule has 108 valence electrons. The molecule has 0 saturated carbocycles. The van der Waals surface area contributed by atoms with Crippen LogP contribution >= 0.6 is 12.4 Å². The number of halogens is 1. The van der Waals surface area contributed by atoms with Crippen LogP contribution in [-0.2, 0) is 14.3 Å². The third-order valence-corrected chi connectivity index (χ3v) is 2.83. The number of esters is 1. The van der Waals surface area contributed by atoms with Crippen molar-refractivity contribution in [1.82, 2.24) is 5.32 Å². The van der Waals surface area contributed by atoms with Crippen molar-refractivity contribution >= 4 is 24.3 Å². The fraction of sp³-hybridized carbons (Fsp3) is 0.833. The number of amides is 1. The zero-order valence-electron chi connectivity index (χ0n) is 11.6. The second-order valence-corrected chi connectivity index (χ2v) is 4.31. The molecule has 0 radical (unpaired) electrons. The zero-order chi connectivity index (χ0) is 13.4. The molecule has 0 bridgehead atoms. The quantitative estimate of drug-likeness (QED) is 0.684. The Morgan fingerprint density at radius 1 is 1.28 bits per heavy atom. The first-order valence-corrected chi connectivity index (χ1v) is 6.13. The van der Waals surface area contributed by atoms with E-state index in [4.69, 9.17) is 10.5 Å². The maximum absolute atomic E-state index is 11.6. The molecule has 0 aliphatic carbocycles. The number of rotatable bonds is 7. The summed E-state index contributed by atoms with van der Waals surface area (Å²) in [6.45, 7) is 8.00. The predicted octanol–water partition coefficient (Wildman–Crippen LogP) is 1.10. The van der Waals surface area contributed by atoms with Crippen LogP contribution in [-0.4, -0.2) is 31.1 Å².